The highest BCUT2D eigenvalue weighted by atomic mass is 16.4. The van der Waals surface area contributed by atoms with Gasteiger partial charge in [-0.05, 0) is 59.2 Å². The van der Waals surface area contributed by atoms with Crippen molar-refractivity contribution in [2.24, 2.45) is 5.92 Å². The van der Waals surface area contributed by atoms with Crippen LogP contribution in [0.1, 0.15) is 46.5 Å². The molecule has 0 aromatic heterocycles. The smallest absolute Gasteiger partial charge is 0.317 e. The maximum Gasteiger partial charge on any atom is 0.317 e. The molecule has 1 aliphatic carbocycles. The van der Waals surface area contributed by atoms with Gasteiger partial charge in [-0.3, -0.25) is 14.5 Å². The monoisotopic (exact) mass is 325 g/mol. The van der Waals surface area contributed by atoms with Gasteiger partial charge < -0.3 is 15.3 Å². The third-order valence-corrected chi connectivity index (χ3v) is 5.35. The SMILES string of the molecule is CCN(CC(=O)O)C1CC(NC(=O)C2CCN(C(C)C)CC2)C1. The number of hydrogen-bond donors (Lipinski definition) is 2. The van der Waals surface area contributed by atoms with E-state index in [0.29, 0.717) is 12.1 Å². The van der Waals surface area contributed by atoms with Crippen LogP contribution in [0.4, 0.5) is 0 Å². The lowest BCUT2D eigenvalue weighted by atomic mass is 9.84. The van der Waals surface area contributed by atoms with Crippen molar-refractivity contribution in [2.75, 3.05) is 26.2 Å². The first kappa shape index (κ1) is 18.2. The number of rotatable bonds is 7. The Morgan fingerprint density at radius 2 is 1.87 bits per heavy atom. The van der Waals surface area contributed by atoms with Gasteiger partial charge in [-0.1, -0.05) is 6.92 Å². The van der Waals surface area contributed by atoms with Gasteiger partial charge in [0, 0.05) is 24.0 Å². The van der Waals surface area contributed by atoms with Crippen molar-refractivity contribution < 1.29 is 14.7 Å². The van der Waals surface area contributed by atoms with E-state index in [0.717, 1.165) is 45.3 Å². The number of hydrogen-bond acceptors (Lipinski definition) is 4. The normalized spacial score (nSPS) is 26.3. The number of carbonyl (C=O) groups excluding carboxylic acids is 1. The van der Waals surface area contributed by atoms with Crippen LogP contribution >= 0.6 is 0 Å². The van der Waals surface area contributed by atoms with E-state index in [-0.39, 0.29) is 24.4 Å². The fourth-order valence-electron chi connectivity index (χ4n) is 3.67. The highest BCUT2D eigenvalue weighted by molar-refractivity contribution is 5.79. The van der Waals surface area contributed by atoms with Gasteiger partial charge in [0.2, 0.25) is 5.91 Å². The number of carboxylic acids is 1. The van der Waals surface area contributed by atoms with Crippen LogP contribution in [0.3, 0.4) is 0 Å². The molecule has 2 N–H and O–H groups in total. The quantitative estimate of drug-likeness (QED) is 0.735. The summed E-state index contributed by atoms with van der Waals surface area (Å²) in [5, 5.41) is 12.1. The first-order valence-electron chi connectivity index (χ1n) is 8.91. The van der Waals surface area contributed by atoms with Crippen molar-refractivity contribution in [2.45, 2.75) is 64.6 Å². The van der Waals surface area contributed by atoms with Gasteiger partial charge in [0.1, 0.15) is 0 Å². The van der Waals surface area contributed by atoms with Gasteiger partial charge in [-0.25, -0.2) is 0 Å². The molecule has 1 aliphatic heterocycles. The summed E-state index contributed by atoms with van der Waals surface area (Å²) in [4.78, 5) is 27.6. The van der Waals surface area contributed by atoms with Gasteiger partial charge in [-0.2, -0.15) is 0 Å². The second-order valence-electron chi connectivity index (χ2n) is 7.19. The minimum Gasteiger partial charge on any atom is -0.480 e. The predicted octanol–water partition coefficient (Wildman–Crippen LogP) is 1.16. The van der Waals surface area contributed by atoms with Crippen LogP contribution in [0.2, 0.25) is 0 Å². The van der Waals surface area contributed by atoms with Crippen LogP contribution in [0.25, 0.3) is 0 Å². The lowest BCUT2D eigenvalue weighted by Crippen LogP contribution is -2.56. The molecule has 23 heavy (non-hydrogen) atoms. The minimum absolute atomic E-state index is 0.0928. The number of piperidine rings is 1. The zero-order valence-electron chi connectivity index (χ0n) is 14.6. The van der Waals surface area contributed by atoms with Gasteiger partial charge in [0.05, 0.1) is 6.54 Å². The van der Waals surface area contributed by atoms with Crippen molar-refractivity contribution in [3.05, 3.63) is 0 Å². The summed E-state index contributed by atoms with van der Waals surface area (Å²) in [5.41, 5.74) is 0. The summed E-state index contributed by atoms with van der Waals surface area (Å²) in [7, 11) is 0. The fourth-order valence-corrected chi connectivity index (χ4v) is 3.67. The Bertz CT molecular complexity index is 413. The number of likely N-dealkylation sites (tertiary alicyclic amines) is 1. The molecule has 2 aliphatic rings. The Morgan fingerprint density at radius 3 is 2.35 bits per heavy atom. The standard InChI is InChI=1S/C17H31N3O3/c1-4-19(11-16(21)22)15-9-14(10-15)18-17(23)13-5-7-20(8-6-13)12(2)3/h12-15H,4-11H2,1-3H3,(H,18,23)(H,21,22). The lowest BCUT2D eigenvalue weighted by Gasteiger charge is -2.43. The second-order valence-corrected chi connectivity index (χ2v) is 7.19. The molecule has 0 bridgehead atoms. The van der Waals surface area contributed by atoms with Crippen LogP contribution < -0.4 is 5.32 Å². The Kier molecular flexibility index (Phi) is 6.41. The highest BCUT2D eigenvalue weighted by Crippen LogP contribution is 2.27. The van der Waals surface area contributed by atoms with E-state index in [4.69, 9.17) is 5.11 Å². The number of carboxylic acid groups (broad SMARTS) is 1. The molecule has 6 heteroatoms. The van der Waals surface area contributed by atoms with Crippen LogP contribution in [0, 0.1) is 5.92 Å². The molecule has 0 spiro atoms. The third-order valence-electron chi connectivity index (χ3n) is 5.35. The van der Waals surface area contributed by atoms with Crippen molar-refractivity contribution >= 4 is 11.9 Å². The largest absolute Gasteiger partial charge is 0.480 e. The molecular formula is C17H31N3O3. The van der Waals surface area contributed by atoms with Crippen molar-refractivity contribution in [3.8, 4) is 0 Å². The Morgan fingerprint density at radius 1 is 1.26 bits per heavy atom. The molecule has 1 heterocycles. The zero-order valence-corrected chi connectivity index (χ0v) is 14.6. The average molecular weight is 325 g/mol. The molecule has 1 amide bonds. The van der Waals surface area contributed by atoms with Gasteiger partial charge in [-0.15, -0.1) is 0 Å². The van der Waals surface area contributed by atoms with Crippen LogP contribution in [0.5, 0.6) is 0 Å². The van der Waals surface area contributed by atoms with Crippen LogP contribution in [0.15, 0.2) is 0 Å². The first-order valence-corrected chi connectivity index (χ1v) is 8.91. The van der Waals surface area contributed by atoms with Crippen molar-refractivity contribution in [1.29, 1.82) is 0 Å². The zero-order chi connectivity index (χ0) is 17.0. The fraction of sp³-hybridized carbons (Fsp3) is 0.882. The molecule has 6 nitrogen and oxygen atoms in total. The molecule has 1 saturated carbocycles. The van der Waals surface area contributed by atoms with Gasteiger partial charge >= 0.3 is 5.97 Å². The number of aliphatic carboxylic acids is 1. The number of amides is 1. The van der Waals surface area contributed by atoms with Crippen LogP contribution in [-0.2, 0) is 9.59 Å². The summed E-state index contributed by atoms with van der Waals surface area (Å²) in [6, 6.07) is 1.07. The van der Waals surface area contributed by atoms with Crippen molar-refractivity contribution in [3.63, 3.8) is 0 Å². The average Bonchev–Trinajstić information content (AvgIpc) is 2.48. The van der Waals surface area contributed by atoms with Crippen LogP contribution in [-0.4, -0.2) is 71.1 Å². The molecule has 1 saturated heterocycles. The number of nitrogens with one attached hydrogen (secondary N) is 1. The maximum atomic E-state index is 12.4. The van der Waals surface area contributed by atoms with E-state index in [2.05, 4.69) is 24.1 Å². The molecule has 0 aromatic rings. The molecule has 0 radical (unpaired) electrons. The number of carbonyl (C=O) groups is 2. The number of likely N-dealkylation sites (N-methyl/N-ethyl adjacent to an activating group) is 1. The Hall–Kier alpha value is -1.14. The maximum absolute atomic E-state index is 12.4. The van der Waals surface area contributed by atoms with E-state index in [1.807, 2.05) is 11.8 Å². The second kappa shape index (κ2) is 8.11. The first-order chi connectivity index (χ1) is 10.9. The van der Waals surface area contributed by atoms with E-state index in [1.165, 1.54) is 0 Å². The summed E-state index contributed by atoms with van der Waals surface area (Å²) in [6.07, 6.45) is 3.63. The predicted molar refractivity (Wildman–Crippen MR) is 89.3 cm³/mol. The summed E-state index contributed by atoms with van der Waals surface area (Å²) < 4.78 is 0. The molecule has 2 fully saturated rings. The molecule has 0 atom stereocenters. The minimum atomic E-state index is -0.781. The highest BCUT2D eigenvalue weighted by Gasteiger charge is 2.36. The lowest BCUT2D eigenvalue weighted by molar-refractivity contribution is -0.140. The summed E-state index contributed by atoms with van der Waals surface area (Å²) in [6.45, 7) is 9.23. The topological polar surface area (TPSA) is 72.9 Å². The molecule has 132 valence electrons. The van der Waals surface area contributed by atoms with E-state index in [9.17, 15) is 9.59 Å². The molecular weight excluding hydrogens is 294 g/mol. The summed E-state index contributed by atoms with van der Waals surface area (Å²) in [5.74, 6) is -0.445. The Labute approximate surface area is 139 Å². The number of nitrogens with zero attached hydrogens (tertiary/aromatic N) is 2. The summed E-state index contributed by atoms with van der Waals surface area (Å²) >= 11 is 0. The third kappa shape index (κ3) is 4.91. The van der Waals surface area contributed by atoms with Gasteiger partial charge in [0.15, 0.2) is 0 Å². The molecule has 2 rings (SSSR count). The Balaban J connectivity index is 1.69. The van der Waals surface area contributed by atoms with E-state index >= 15 is 0 Å². The van der Waals surface area contributed by atoms with Gasteiger partial charge in [0.25, 0.3) is 0 Å². The van der Waals surface area contributed by atoms with Crippen molar-refractivity contribution in [1.82, 2.24) is 15.1 Å². The molecule has 0 aromatic carbocycles. The van der Waals surface area contributed by atoms with E-state index < -0.39 is 5.97 Å². The molecule has 0 unspecified atom stereocenters. The van der Waals surface area contributed by atoms with E-state index in [1.54, 1.807) is 0 Å².